The Balaban J connectivity index is 1.63. The van der Waals surface area contributed by atoms with Crippen LogP contribution in [-0.4, -0.2) is 30.9 Å². The van der Waals surface area contributed by atoms with Crippen LogP contribution in [-0.2, 0) is 14.6 Å². The first-order chi connectivity index (χ1) is 9.30. The smallest absolute Gasteiger partial charge is 0.240 e. The van der Waals surface area contributed by atoms with Gasteiger partial charge < -0.3 is 5.32 Å². The number of rotatable bonds is 6. The SMILES string of the molecule is CC(C)(C(=O)NCC1(C2CC2)CCC1)S(=O)(=O)C1CC1. The van der Waals surface area contributed by atoms with E-state index in [1.54, 1.807) is 13.8 Å². The third kappa shape index (κ3) is 2.18. The lowest BCUT2D eigenvalue weighted by Gasteiger charge is -2.43. The van der Waals surface area contributed by atoms with Gasteiger partial charge in [-0.15, -0.1) is 0 Å². The third-order valence-corrected chi connectivity index (χ3v) is 8.57. The van der Waals surface area contributed by atoms with Gasteiger partial charge in [-0.1, -0.05) is 6.42 Å². The van der Waals surface area contributed by atoms with Crippen LogP contribution in [0.25, 0.3) is 0 Å². The highest BCUT2D eigenvalue weighted by Crippen LogP contribution is 2.56. The molecule has 0 aromatic carbocycles. The van der Waals surface area contributed by atoms with E-state index in [9.17, 15) is 13.2 Å². The molecule has 0 aromatic rings. The first kappa shape index (κ1) is 14.4. The van der Waals surface area contributed by atoms with Crippen molar-refractivity contribution in [1.82, 2.24) is 5.32 Å². The number of hydrogen-bond acceptors (Lipinski definition) is 3. The molecule has 3 aliphatic rings. The molecule has 0 aliphatic heterocycles. The van der Waals surface area contributed by atoms with Crippen molar-refractivity contribution in [2.45, 2.75) is 68.8 Å². The maximum Gasteiger partial charge on any atom is 0.240 e. The lowest BCUT2D eigenvalue weighted by atomic mass is 9.65. The van der Waals surface area contributed by atoms with Gasteiger partial charge in [-0.25, -0.2) is 8.42 Å². The minimum Gasteiger partial charge on any atom is -0.354 e. The van der Waals surface area contributed by atoms with Crippen molar-refractivity contribution in [3.63, 3.8) is 0 Å². The molecule has 0 aromatic heterocycles. The van der Waals surface area contributed by atoms with Crippen molar-refractivity contribution in [1.29, 1.82) is 0 Å². The zero-order chi connectivity index (χ0) is 14.6. The Hall–Kier alpha value is -0.580. The van der Waals surface area contributed by atoms with E-state index in [1.165, 1.54) is 32.1 Å². The van der Waals surface area contributed by atoms with E-state index < -0.39 is 14.6 Å². The summed E-state index contributed by atoms with van der Waals surface area (Å²) in [4.78, 5) is 12.4. The van der Waals surface area contributed by atoms with E-state index in [2.05, 4.69) is 5.32 Å². The van der Waals surface area contributed by atoms with Crippen molar-refractivity contribution >= 4 is 15.7 Å². The number of carbonyl (C=O) groups is 1. The predicted octanol–water partition coefficient (Wildman–Crippen LogP) is 2.04. The first-order valence-electron chi connectivity index (χ1n) is 7.81. The average Bonchev–Trinajstić information content (AvgIpc) is 3.15. The summed E-state index contributed by atoms with van der Waals surface area (Å²) in [6.45, 7) is 3.78. The summed E-state index contributed by atoms with van der Waals surface area (Å²) in [5, 5.41) is 2.67. The molecule has 0 bridgehead atoms. The Morgan fingerprint density at radius 2 is 1.80 bits per heavy atom. The molecular formula is C15H25NO3S. The first-order valence-corrected chi connectivity index (χ1v) is 9.36. The topological polar surface area (TPSA) is 63.2 Å². The molecule has 1 amide bonds. The van der Waals surface area contributed by atoms with Crippen LogP contribution in [0.4, 0.5) is 0 Å². The van der Waals surface area contributed by atoms with Gasteiger partial charge in [0.1, 0.15) is 4.75 Å². The van der Waals surface area contributed by atoms with Crippen LogP contribution < -0.4 is 5.32 Å². The molecule has 3 aliphatic carbocycles. The van der Waals surface area contributed by atoms with Gasteiger partial charge in [0.2, 0.25) is 5.91 Å². The minimum absolute atomic E-state index is 0.287. The summed E-state index contributed by atoms with van der Waals surface area (Å²) in [7, 11) is -3.34. The third-order valence-electron chi connectivity index (χ3n) is 5.62. The number of sulfone groups is 1. The summed E-state index contributed by atoms with van der Waals surface area (Å²) in [6, 6.07) is 0. The van der Waals surface area contributed by atoms with Crippen LogP contribution in [0.1, 0.15) is 58.8 Å². The van der Waals surface area contributed by atoms with Crippen molar-refractivity contribution in [2.24, 2.45) is 11.3 Å². The van der Waals surface area contributed by atoms with Crippen molar-refractivity contribution in [2.75, 3.05) is 6.54 Å². The number of nitrogens with one attached hydrogen (secondary N) is 1. The summed E-state index contributed by atoms with van der Waals surface area (Å²) < 4.78 is 23.4. The second kappa shape index (κ2) is 4.46. The highest BCUT2D eigenvalue weighted by molar-refractivity contribution is 7.94. The second-order valence-corrected chi connectivity index (χ2v) is 10.2. The molecule has 114 valence electrons. The van der Waals surface area contributed by atoms with E-state index in [4.69, 9.17) is 0 Å². The normalized spacial score (nSPS) is 25.9. The minimum atomic E-state index is -3.34. The van der Waals surface area contributed by atoms with E-state index >= 15 is 0 Å². The molecule has 0 radical (unpaired) electrons. The highest BCUT2D eigenvalue weighted by Gasteiger charge is 2.52. The fourth-order valence-electron chi connectivity index (χ4n) is 3.45. The van der Waals surface area contributed by atoms with Gasteiger partial charge in [-0.2, -0.15) is 0 Å². The molecular weight excluding hydrogens is 274 g/mol. The molecule has 0 unspecified atom stereocenters. The van der Waals surface area contributed by atoms with Crippen LogP contribution in [0, 0.1) is 11.3 Å². The van der Waals surface area contributed by atoms with E-state index in [1.807, 2.05) is 0 Å². The summed E-state index contributed by atoms with van der Waals surface area (Å²) >= 11 is 0. The van der Waals surface area contributed by atoms with Crippen LogP contribution in [0.3, 0.4) is 0 Å². The molecule has 3 saturated carbocycles. The zero-order valence-electron chi connectivity index (χ0n) is 12.4. The van der Waals surface area contributed by atoms with Crippen molar-refractivity contribution < 1.29 is 13.2 Å². The largest absolute Gasteiger partial charge is 0.354 e. The van der Waals surface area contributed by atoms with E-state index in [0.717, 1.165) is 5.92 Å². The highest BCUT2D eigenvalue weighted by atomic mass is 32.2. The average molecular weight is 299 g/mol. The Bertz CT molecular complexity index is 511. The molecule has 0 heterocycles. The van der Waals surface area contributed by atoms with Crippen LogP contribution >= 0.6 is 0 Å². The molecule has 1 N–H and O–H groups in total. The monoisotopic (exact) mass is 299 g/mol. The van der Waals surface area contributed by atoms with E-state index in [0.29, 0.717) is 19.4 Å². The molecule has 5 heteroatoms. The van der Waals surface area contributed by atoms with Gasteiger partial charge in [0.05, 0.1) is 5.25 Å². The molecule has 0 saturated heterocycles. The van der Waals surface area contributed by atoms with Crippen LogP contribution in [0.15, 0.2) is 0 Å². The Morgan fingerprint density at radius 3 is 2.20 bits per heavy atom. The fourth-order valence-corrected chi connectivity index (χ4v) is 5.37. The number of amides is 1. The molecule has 0 spiro atoms. The predicted molar refractivity (Wildman–Crippen MR) is 78.0 cm³/mol. The summed E-state index contributed by atoms with van der Waals surface area (Å²) in [5.74, 6) is 0.455. The van der Waals surface area contributed by atoms with Crippen LogP contribution in [0.2, 0.25) is 0 Å². The van der Waals surface area contributed by atoms with E-state index in [-0.39, 0.29) is 16.6 Å². The van der Waals surface area contributed by atoms with Crippen molar-refractivity contribution in [3.8, 4) is 0 Å². The van der Waals surface area contributed by atoms with Gasteiger partial charge in [0.25, 0.3) is 0 Å². The zero-order valence-corrected chi connectivity index (χ0v) is 13.3. The lowest BCUT2D eigenvalue weighted by molar-refractivity contribution is -0.123. The quantitative estimate of drug-likeness (QED) is 0.816. The maximum absolute atomic E-state index is 12.4. The number of hydrogen-bond donors (Lipinski definition) is 1. The lowest BCUT2D eigenvalue weighted by Crippen LogP contribution is -2.53. The van der Waals surface area contributed by atoms with Gasteiger partial charge in [0, 0.05) is 6.54 Å². The summed E-state index contributed by atoms with van der Waals surface area (Å²) in [6.07, 6.45) is 7.60. The van der Waals surface area contributed by atoms with Crippen LogP contribution in [0.5, 0.6) is 0 Å². The van der Waals surface area contributed by atoms with Gasteiger partial charge >= 0.3 is 0 Å². The Kier molecular flexibility index (Phi) is 3.20. The fraction of sp³-hybridized carbons (Fsp3) is 0.933. The second-order valence-electron chi connectivity index (χ2n) is 7.43. The Morgan fingerprint density at radius 1 is 1.20 bits per heavy atom. The molecule has 3 fully saturated rings. The molecule has 20 heavy (non-hydrogen) atoms. The summed E-state index contributed by atoms with van der Waals surface area (Å²) in [5.41, 5.74) is 0.287. The number of carbonyl (C=O) groups excluding carboxylic acids is 1. The van der Waals surface area contributed by atoms with Gasteiger partial charge in [0.15, 0.2) is 9.84 Å². The molecule has 3 rings (SSSR count). The molecule has 0 atom stereocenters. The van der Waals surface area contributed by atoms with Gasteiger partial charge in [-0.05, 0) is 63.7 Å². The Labute approximate surface area is 121 Å². The molecule has 4 nitrogen and oxygen atoms in total. The standard InChI is InChI=1S/C15H25NO3S/c1-14(2,20(18,19)12-6-7-12)13(17)16-10-15(8-3-9-15)11-4-5-11/h11-12H,3-10H2,1-2H3,(H,16,17). The van der Waals surface area contributed by atoms with Gasteiger partial charge in [-0.3, -0.25) is 4.79 Å². The van der Waals surface area contributed by atoms with Crippen molar-refractivity contribution in [3.05, 3.63) is 0 Å². The maximum atomic E-state index is 12.4.